The molecule has 1 aromatic carbocycles. The van der Waals surface area contributed by atoms with Crippen molar-refractivity contribution in [2.24, 2.45) is 0 Å². The Morgan fingerprint density at radius 2 is 1.42 bits per heavy atom. The van der Waals surface area contributed by atoms with E-state index in [1.54, 1.807) is 0 Å². The molecule has 7 N–H and O–H groups in total. The van der Waals surface area contributed by atoms with Gasteiger partial charge in [0.1, 0.15) is 30.5 Å². The first-order valence-corrected chi connectivity index (χ1v) is 16.3. The molecule has 0 radical (unpaired) electrons. The van der Waals surface area contributed by atoms with Gasteiger partial charge in [0.05, 0.1) is 31.8 Å². The average Bonchev–Trinajstić information content (AvgIpc) is 3.00. The van der Waals surface area contributed by atoms with Crippen molar-refractivity contribution in [2.75, 3.05) is 13.2 Å². The number of aliphatic hydroxyl groups excluding tert-OH is 6. The highest BCUT2D eigenvalue weighted by atomic mass is 16.7. The maximum absolute atomic E-state index is 12.9. The molecule has 248 valence electrons. The number of benzene rings is 1. The summed E-state index contributed by atoms with van der Waals surface area (Å²) >= 11 is 0. The molecule has 1 saturated heterocycles. The van der Waals surface area contributed by atoms with Crippen molar-refractivity contribution < 1.29 is 44.9 Å². The molecule has 2 rings (SSSR count). The van der Waals surface area contributed by atoms with Crippen LogP contribution in [0.15, 0.2) is 24.3 Å². The van der Waals surface area contributed by atoms with E-state index in [4.69, 9.17) is 9.47 Å². The fraction of sp³-hybridized carbons (Fsp3) is 0.788. The molecule has 0 bridgehead atoms. The highest BCUT2D eigenvalue weighted by Gasteiger charge is 2.44. The Morgan fingerprint density at radius 3 is 1.98 bits per heavy atom. The molecule has 1 fully saturated rings. The molecule has 0 aromatic heterocycles. The van der Waals surface area contributed by atoms with Crippen LogP contribution in [0, 0.1) is 6.92 Å². The third-order valence-corrected chi connectivity index (χ3v) is 8.28. The third-order valence-electron chi connectivity index (χ3n) is 8.28. The Kier molecular flexibility index (Phi) is 18.5. The van der Waals surface area contributed by atoms with Crippen LogP contribution in [0.3, 0.4) is 0 Å². The van der Waals surface area contributed by atoms with Crippen LogP contribution in [0.4, 0.5) is 0 Å². The lowest BCUT2D eigenvalue weighted by molar-refractivity contribution is -0.303. The largest absolute Gasteiger partial charge is 0.394 e. The normalized spacial score (nSPS) is 24.4. The van der Waals surface area contributed by atoms with Crippen LogP contribution in [0.5, 0.6) is 0 Å². The number of nitrogens with one attached hydrogen (secondary N) is 1. The zero-order valence-corrected chi connectivity index (χ0v) is 26.1. The number of carbonyl (C=O) groups is 1. The van der Waals surface area contributed by atoms with Gasteiger partial charge in [0.15, 0.2) is 6.29 Å². The van der Waals surface area contributed by atoms with Crippen LogP contribution in [-0.4, -0.2) is 98.7 Å². The predicted molar refractivity (Wildman–Crippen MR) is 164 cm³/mol. The van der Waals surface area contributed by atoms with E-state index in [0.29, 0.717) is 6.42 Å². The Morgan fingerprint density at radius 1 is 0.860 bits per heavy atom. The average molecular weight is 612 g/mol. The van der Waals surface area contributed by atoms with E-state index in [1.807, 2.05) is 31.2 Å². The van der Waals surface area contributed by atoms with Gasteiger partial charge in [-0.3, -0.25) is 4.79 Å². The second-order valence-electron chi connectivity index (χ2n) is 12.1. The minimum absolute atomic E-state index is 0.0540. The van der Waals surface area contributed by atoms with Gasteiger partial charge in [-0.15, -0.1) is 0 Å². The molecule has 10 nitrogen and oxygen atoms in total. The van der Waals surface area contributed by atoms with Crippen molar-refractivity contribution in [1.29, 1.82) is 0 Å². The summed E-state index contributed by atoms with van der Waals surface area (Å²) in [7, 11) is 0. The van der Waals surface area contributed by atoms with Crippen LogP contribution >= 0.6 is 0 Å². The van der Waals surface area contributed by atoms with Crippen LogP contribution < -0.4 is 5.32 Å². The fourth-order valence-electron chi connectivity index (χ4n) is 5.41. The molecule has 0 aliphatic carbocycles. The van der Waals surface area contributed by atoms with E-state index in [9.17, 15) is 35.4 Å². The summed E-state index contributed by atoms with van der Waals surface area (Å²) < 4.78 is 11.0. The monoisotopic (exact) mass is 611 g/mol. The van der Waals surface area contributed by atoms with E-state index >= 15 is 0 Å². The van der Waals surface area contributed by atoms with Gasteiger partial charge in [-0.1, -0.05) is 114 Å². The number of aryl methyl sites for hydroxylation is 1. The Balaban J connectivity index is 1.85. The zero-order chi connectivity index (χ0) is 31.6. The van der Waals surface area contributed by atoms with Crippen molar-refractivity contribution in [2.45, 2.75) is 153 Å². The standard InChI is InChI=1S/C33H57NO9/c1-3-4-5-6-7-8-9-10-11-12-13-14-15-26(36)29(38)25(34-28(37)20-24-18-16-23(2)17-19-24)22-42-33-32(41)31(40)30(39)27(21-35)43-33/h16-19,25-27,29-33,35-36,38-41H,3-15,20-22H2,1-2H3,(H,34,37). The number of hydrogen-bond donors (Lipinski definition) is 7. The highest BCUT2D eigenvalue weighted by molar-refractivity contribution is 5.79. The number of hydrogen-bond acceptors (Lipinski definition) is 9. The number of amides is 1. The lowest BCUT2D eigenvalue weighted by atomic mass is 9.98. The summed E-state index contributed by atoms with van der Waals surface area (Å²) in [5.41, 5.74) is 1.84. The number of ether oxygens (including phenoxy) is 2. The van der Waals surface area contributed by atoms with Crippen LogP contribution in [0.2, 0.25) is 0 Å². The molecule has 1 aliphatic heterocycles. The Labute approximate surface area is 257 Å². The highest BCUT2D eigenvalue weighted by Crippen LogP contribution is 2.23. The first-order valence-electron chi connectivity index (χ1n) is 16.3. The van der Waals surface area contributed by atoms with Gasteiger partial charge in [-0.2, -0.15) is 0 Å². The number of unbranched alkanes of at least 4 members (excludes halogenated alkanes) is 11. The molecule has 8 atom stereocenters. The van der Waals surface area contributed by atoms with Crippen molar-refractivity contribution >= 4 is 5.91 Å². The van der Waals surface area contributed by atoms with Gasteiger partial charge in [-0.05, 0) is 18.9 Å². The van der Waals surface area contributed by atoms with Gasteiger partial charge in [0.2, 0.25) is 5.91 Å². The third kappa shape index (κ3) is 13.9. The van der Waals surface area contributed by atoms with Crippen molar-refractivity contribution in [1.82, 2.24) is 5.32 Å². The van der Waals surface area contributed by atoms with E-state index < -0.39 is 55.6 Å². The lowest BCUT2D eigenvalue weighted by Crippen LogP contribution is -2.60. The number of aliphatic hydroxyl groups is 6. The minimum Gasteiger partial charge on any atom is -0.394 e. The van der Waals surface area contributed by atoms with Gasteiger partial charge >= 0.3 is 0 Å². The molecule has 43 heavy (non-hydrogen) atoms. The van der Waals surface area contributed by atoms with Gasteiger partial charge in [0.25, 0.3) is 0 Å². The zero-order valence-electron chi connectivity index (χ0n) is 26.1. The predicted octanol–water partition coefficient (Wildman–Crippen LogP) is 2.65. The first kappa shape index (κ1) is 37.6. The smallest absolute Gasteiger partial charge is 0.224 e. The Hall–Kier alpha value is -1.63. The topological polar surface area (TPSA) is 169 Å². The quantitative estimate of drug-likeness (QED) is 0.0975. The van der Waals surface area contributed by atoms with E-state index in [-0.39, 0.29) is 18.9 Å². The van der Waals surface area contributed by atoms with E-state index in [0.717, 1.165) is 36.8 Å². The first-order chi connectivity index (χ1) is 20.7. The SMILES string of the molecule is CCCCCCCCCCCCCCC(O)C(O)C(COC1OC(CO)C(O)C(O)C1O)NC(=O)Cc1ccc(C)cc1. The van der Waals surface area contributed by atoms with Crippen LogP contribution in [-0.2, 0) is 20.7 Å². The molecular formula is C33H57NO9. The summed E-state index contributed by atoms with van der Waals surface area (Å²) in [6.45, 7) is 3.22. The van der Waals surface area contributed by atoms with Crippen molar-refractivity contribution in [3.8, 4) is 0 Å². The van der Waals surface area contributed by atoms with Gasteiger partial charge in [0, 0.05) is 0 Å². The molecule has 1 heterocycles. The summed E-state index contributed by atoms with van der Waals surface area (Å²) in [4.78, 5) is 12.9. The summed E-state index contributed by atoms with van der Waals surface area (Å²) in [5, 5.41) is 64.4. The molecule has 8 unspecified atom stereocenters. The number of carbonyl (C=O) groups excluding carboxylic acids is 1. The summed E-state index contributed by atoms with van der Waals surface area (Å²) in [6, 6.07) is 6.43. The maximum Gasteiger partial charge on any atom is 0.224 e. The minimum atomic E-state index is -1.62. The molecule has 1 aromatic rings. The Bertz CT molecular complexity index is 868. The van der Waals surface area contributed by atoms with Gasteiger partial charge in [-0.25, -0.2) is 0 Å². The van der Waals surface area contributed by atoms with E-state index in [1.165, 1.54) is 51.4 Å². The van der Waals surface area contributed by atoms with Crippen molar-refractivity contribution in [3.05, 3.63) is 35.4 Å². The van der Waals surface area contributed by atoms with E-state index in [2.05, 4.69) is 12.2 Å². The van der Waals surface area contributed by atoms with Crippen LogP contribution in [0.1, 0.15) is 102 Å². The summed E-state index contributed by atoms with van der Waals surface area (Å²) in [6.07, 6.45) is 4.78. The summed E-state index contributed by atoms with van der Waals surface area (Å²) in [5.74, 6) is -0.386. The number of rotatable bonds is 22. The molecule has 10 heteroatoms. The molecule has 0 saturated carbocycles. The second kappa shape index (κ2) is 21.2. The molecule has 0 spiro atoms. The van der Waals surface area contributed by atoms with Crippen molar-refractivity contribution in [3.63, 3.8) is 0 Å². The second-order valence-corrected chi connectivity index (χ2v) is 12.1. The molecule has 1 amide bonds. The molecule has 1 aliphatic rings. The molecular weight excluding hydrogens is 554 g/mol. The lowest BCUT2D eigenvalue weighted by Gasteiger charge is -2.40. The maximum atomic E-state index is 12.9. The van der Waals surface area contributed by atoms with Gasteiger partial charge < -0.3 is 45.4 Å². The van der Waals surface area contributed by atoms with Crippen LogP contribution in [0.25, 0.3) is 0 Å². The fourth-order valence-corrected chi connectivity index (χ4v) is 5.41.